The van der Waals surface area contributed by atoms with E-state index in [1.54, 1.807) is 13.8 Å². The van der Waals surface area contributed by atoms with Crippen LogP contribution < -0.4 is 0 Å². The molecule has 114 valence electrons. The zero-order valence-electron chi connectivity index (χ0n) is 11.7. The summed E-state index contributed by atoms with van der Waals surface area (Å²) in [7, 11) is 0. The first-order chi connectivity index (χ1) is 9.81. The minimum absolute atomic E-state index is 0.190. The summed E-state index contributed by atoms with van der Waals surface area (Å²) in [5, 5.41) is 17.1. The van der Waals surface area contributed by atoms with Crippen LogP contribution in [0.3, 0.4) is 0 Å². The van der Waals surface area contributed by atoms with Gasteiger partial charge in [0.25, 0.3) is 0 Å². The Morgan fingerprint density at radius 2 is 1.52 bits per heavy atom. The normalized spacial score (nSPS) is 9.05. The molecule has 1 aromatic carbocycles. The highest BCUT2D eigenvalue weighted by molar-refractivity contribution is 6.01. The van der Waals surface area contributed by atoms with Crippen LogP contribution in [0.25, 0.3) is 0 Å². The van der Waals surface area contributed by atoms with Gasteiger partial charge in [-0.25, -0.2) is 14.4 Å². The lowest BCUT2D eigenvalue weighted by Crippen LogP contribution is -2.06. The number of benzene rings is 1. The van der Waals surface area contributed by atoms with Gasteiger partial charge in [-0.3, -0.25) is 4.89 Å². The molecule has 0 bridgehead atoms. The minimum Gasteiger partial charge on any atom is -0.478 e. The van der Waals surface area contributed by atoms with Crippen LogP contribution in [0.1, 0.15) is 34.6 Å². The third kappa shape index (κ3) is 6.88. The number of carbonyl (C=O) groups excluding carboxylic acids is 1. The van der Waals surface area contributed by atoms with Gasteiger partial charge in [-0.1, -0.05) is 18.7 Å². The zero-order valence-corrected chi connectivity index (χ0v) is 11.7. The Balaban J connectivity index is 0.000000400. The molecular weight excluding hydrogens is 280 g/mol. The summed E-state index contributed by atoms with van der Waals surface area (Å²) < 4.78 is 0. The van der Waals surface area contributed by atoms with Crippen molar-refractivity contribution < 1.29 is 34.4 Å². The summed E-state index contributed by atoms with van der Waals surface area (Å²) in [5.41, 5.74) is -0.0431. The average Bonchev–Trinajstić information content (AvgIpc) is 2.45. The van der Waals surface area contributed by atoms with Gasteiger partial charge < -0.3 is 10.2 Å². The Labute approximate surface area is 121 Å². The lowest BCUT2D eigenvalue weighted by molar-refractivity contribution is -0.265. The molecule has 0 aromatic heterocycles. The van der Waals surface area contributed by atoms with Crippen LogP contribution in [0.2, 0.25) is 0 Å². The van der Waals surface area contributed by atoms with E-state index in [1.807, 2.05) is 0 Å². The first-order valence-corrected chi connectivity index (χ1v) is 5.86. The Bertz CT molecular complexity index is 501. The van der Waals surface area contributed by atoms with Crippen LogP contribution in [0.5, 0.6) is 0 Å². The van der Waals surface area contributed by atoms with E-state index in [-0.39, 0.29) is 11.1 Å². The second-order valence-electron chi connectivity index (χ2n) is 3.71. The zero-order chi connectivity index (χ0) is 16.4. The molecule has 0 heterocycles. The fraction of sp³-hybridized carbons (Fsp3) is 0.214. The van der Waals surface area contributed by atoms with Gasteiger partial charge in [0.1, 0.15) is 0 Å². The van der Waals surface area contributed by atoms with Crippen molar-refractivity contribution in [2.24, 2.45) is 0 Å². The van der Waals surface area contributed by atoms with Gasteiger partial charge in [0, 0.05) is 5.57 Å². The monoisotopic (exact) mass is 296 g/mol. The van der Waals surface area contributed by atoms with E-state index in [2.05, 4.69) is 16.4 Å². The Kier molecular flexibility index (Phi) is 8.09. The number of hydrogen-bond acceptors (Lipinski definition) is 5. The summed E-state index contributed by atoms with van der Waals surface area (Å²) in [5.74, 6) is -2.97. The molecule has 0 saturated heterocycles. The molecule has 0 aliphatic carbocycles. The van der Waals surface area contributed by atoms with Crippen LogP contribution in [0.15, 0.2) is 36.4 Å². The van der Waals surface area contributed by atoms with Crippen molar-refractivity contribution in [3.8, 4) is 0 Å². The van der Waals surface area contributed by atoms with E-state index < -0.39 is 17.9 Å². The van der Waals surface area contributed by atoms with E-state index >= 15 is 0 Å². The van der Waals surface area contributed by atoms with Crippen molar-refractivity contribution in [2.75, 3.05) is 6.61 Å². The molecule has 0 saturated carbocycles. The summed E-state index contributed by atoms with van der Waals surface area (Å²) in [6.45, 7) is 7.00. The van der Waals surface area contributed by atoms with Gasteiger partial charge >= 0.3 is 17.9 Å². The molecular formula is C14H16O7. The van der Waals surface area contributed by atoms with E-state index in [1.165, 1.54) is 24.3 Å². The molecule has 21 heavy (non-hydrogen) atoms. The first kappa shape index (κ1) is 18.3. The van der Waals surface area contributed by atoms with E-state index in [4.69, 9.17) is 10.2 Å². The van der Waals surface area contributed by atoms with Gasteiger partial charge in [0.2, 0.25) is 0 Å². The predicted octanol–water partition coefficient (Wildman–Crippen LogP) is 2.14. The third-order valence-corrected chi connectivity index (χ3v) is 1.99. The number of carboxylic acid groups (broad SMARTS) is 2. The fourth-order valence-electron chi connectivity index (χ4n) is 1.04. The van der Waals surface area contributed by atoms with Crippen LogP contribution in [0, 0.1) is 0 Å². The summed E-state index contributed by atoms with van der Waals surface area (Å²) >= 11 is 0. The summed E-state index contributed by atoms with van der Waals surface area (Å²) in [6, 6.07) is 5.48. The molecule has 1 aromatic rings. The SMILES string of the molecule is C=C(C)C(=O)OOCC.O=C(O)c1ccccc1C(=O)O. The Hall–Kier alpha value is -2.67. The second-order valence-corrected chi connectivity index (χ2v) is 3.71. The molecule has 0 radical (unpaired) electrons. The number of carboxylic acids is 2. The number of hydrogen-bond donors (Lipinski definition) is 2. The average molecular weight is 296 g/mol. The smallest absolute Gasteiger partial charge is 0.368 e. The van der Waals surface area contributed by atoms with Gasteiger partial charge in [0.15, 0.2) is 0 Å². The molecule has 0 aliphatic heterocycles. The largest absolute Gasteiger partial charge is 0.478 e. The maximum absolute atomic E-state index is 10.5. The van der Waals surface area contributed by atoms with E-state index in [0.717, 1.165) is 0 Å². The second kappa shape index (κ2) is 9.27. The maximum atomic E-state index is 10.5. The highest BCUT2D eigenvalue weighted by Gasteiger charge is 2.13. The highest BCUT2D eigenvalue weighted by atomic mass is 17.2. The lowest BCUT2D eigenvalue weighted by atomic mass is 10.1. The van der Waals surface area contributed by atoms with Crippen LogP contribution in [-0.4, -0.2) is 34.7 Å². The summed E-state index contributed by atoms with van der Waals surface area (Å²) in [4.78, 5) is 39.9. The molecule has 0 aliphatic rings. The van der Waals surface area contributed by atoms with Crippen molar-refractivity contribution in [2.45, 2.75) is 13.8 Å². The molecule has 0 amide bonds. The number of aromatic carboxylic acids is 2. The fourth-order valence-corrected chi connectivity index (χ4v) is 1.04. The summed E-state index contributed by atoms with van der Waals surface area (Å²) in [6.07, 6.45) is 0. The van der Waals surface area contributed by atoms with Crippen LogP contribution in [0.4, 0.5) is 0 Å². The number of carbonyl (C=O) groups is 3. The third-order valence-electron chi connectivity index (χ3n) is 1.99. The maximum Gasteiger partial charge on any atom is 0.368 e. The van der Waals surface area contributed by atoms with Crippen molar-refractivity contribution >= 4 is 17.9 Å². The molecule has 1 rings (SSSR count). The quantitative estimate of drug-likeness (QED) is 0.486. The highest BCUT2D eigenvalue weighted by Crippen LogP contribution is 2.07. The van der Waals surface area contributed by atoms with E-state index in [9.17, 15) is 14.4 Å². The lowest BCUT2D eigenvalue weighted by Gasteiger charge is -1.98. The van der Waals surface area contributed by atoms with Crippen LogP contribution >= 0.6 is 0 Å². The molecule has 0 atom stereocenters. The molecule has 0 unspecified atom stereocenters. The molecule has 7 nitrogen and oxygen atoms in total. The topological polar surface area (TPSA) is 110 Å². The predicted molar refractivity (Wildman–Crippen MR) is 72.9 cm³/mol. The van der Waals surface area contributed by atoms with Crippen molar-refractivity contribution in [1.82, 2.24) is 0 Å². The standard InChI is InChI=1S/C8H6O4.C6H10O3/c9-7(10)5-3-1-2-4-6(5)8(11)12;1-4-8-9-6(7)5(2)3/h1-4H,(H,9,10)(H,11,12);2,4H2,1,3H3. The molecule has 0 spiro atoms. The van der Waals surface area contributed by atoms with Gasteiger partial charge in [-0.15, -0.1) is 0 Å². The minimum atomic E-state index is -1.23. The molecule has 7 heteroatoms. The Morgan fingerprint density at radius 1 is 1.10 bits per heavy atom. The van der Waals surface area contributed by atoms with Crippen molar-refractivity contribution in [3.63, 3.8) is 0 Å². The van der Waals surface area contributed by atoms with Crippen molar-refractivity contribution in [3.05, 3.63) is 47.5 Å². The molecule has 2 N–H and O–H groups in total. The number of rotatable bonds is 5. The van der Waals surface area contributed by atoms with Gasteiger partial charge in [-0.05, 0) is 26.0 Å². The van der Waals surface area contributed by atoms with Gasteiger partial charge in [0.05, 0.1) is 17.7 Å². The Morgan fingerprint density at radius 3 is 1.81 bits per heavy atom. The van der Waals surface area contributed by atoms with Crippen LogP contribution in [-0.2, 0) is 14.6 Å². The first-order valence-electron chi connectivity index (χ1n) is 5.86. The van der Waals surface area contributed by atoms with Crippen molar-refractivity contribution in [1.29, 1.82) is 0 Å². The van der Waals surface area contributed by atoms with Gasteiger partial charge in [-0.2, -0.15) is 4.89 Å². The molecule has 0 fully saturated rings. The van der Waals surface area contributed by atoms with E-state index in [0.29, 0.717) is 12.2 Å².